The van der Waals surface area contributed by atoms with Gasteiger partial charge in [-0.2, -0.15) is 0 Å². The molecule has 28 heavy (non-hydrogen) atoms. The maximum absolute atomic E-state index is 12.5. The molecule has 1 saturated heterocycles. The Morgan fingerprint density at radius 2 is 1.79 bits per heavy atom. The van der Waals surface area contributed by atoms with Crippen LogP contribution in [0.15, 0.2) is 45.7 Å². The summed E-state index contributed by atoms with van der Waals surface area (Å²) in [6, 6.07) is 9.03. The molecule has 0 aliphatic carbocycles. The average molecular weight is 406 g/mol. The number of nitrogens with zero attached hydrogens (tertiary/aromatic N) is 1. The summed E-state index contributed by atoms with van der Waals surface area (Å²) in [4.78, 5) is 25.5. The Bertz CT molecular complexity index is 957. The summed E-state index contributed by atoms with van der Waals surface area (Å²) in [7, 11) is -2.12. The Hall–Kier alpha value is -2.81. The zero-order valence-electron chi connectivity index (χ0n) is 15.5. The summed E-state index contributed by atoms with van der Waals surface area (Å²) >= 11 is 0. The van der Waals surface area contributed by atoms with Gasteiger partial charge >= 0.3 is 0 Å². The molecule has 0 atom stereocenters. The van der Waals surface area contributed by atoms with Gasteiger partial charge in [-0.25, -0.2) is 8.42 Å². The molecule has 8 nitrogen and oxygen atoms in total. The van der Waals surface area contributed by atoms with Gasteiger partial charge in [0.2, 0.25) is 5.91 Å². The zero-order chi connectivity index (χ0) is 20.3. The summed E-state index contributed by atoms with van der Waals surface area (Å²) in [5.74, 6) is -0.414. The van der Waals surface area contributed by atoms with Gasteiger partial charge in [-0.3, -0.25) is 9.59 Å². The molecule has 1 aromatic carbocycles. The molecular formula is C19H22N2O6S. The second kappa shape index (κ2) is 8.05. The number of likely N-dealkylation sites (tertiary alicyclic amines) is 1. The van der Waals surface area contributed by atoms with Gasteiger partial charge in [-0.05, 0) is 49.2 Å². The highest BCUT2D eigenvalue weighted by Gasteiger charge is 2.28. The number of amides is 2. The summed E-state index contributed by atoms with van der Waals surface area (Å²) in [6.07, 6.45) is 1.03. The van der Waals surface area contributed by atoms with Gasteiger partial charge in [0.25, 0.3) is 5.91 Å². The van der Waals surface area contributed by atoms with Gasteiger partial charge < -0.3 is 19.8 Å². The third-order valence-electron chi connectivity index (χ3n) is 4.81. The molecule has 0 spiro atoms. The lowest BCUT2D eigenvalue weighted by molar-refractivity contribution is -0.123. The average Bonchev–Trinajstić information content (AvgIpc) is 3.15. The maximum Gasteiger partial charge on any atom is 0.289 e. The van der Waals surface area contributed by atoms with Crippen LogP contribution in [0.5, 0.6) is 5.75 Å². The van der Waals surface area contributed by atoms with Crippen molar-refractivity contribution in [3.05, 3.63) is 47.9 Å². The van der Waals surface area contributed by atoms with Gasteiger partial charge in [0.1, 0.15) is 17.3 Å². The number of ether oxygens (including phenoxy) is 1. The topological polar surface area (TPSA) is 120 Å². The maximum atomic E-state index is 12.5. The van der Waals surface area contributed by atoms with E-state index in [-0.39, 0.29) is 39.9 Å². The van der Waals surface area contributed by atoms with Gasteiger partial charge in [0, 0.05) is 19.0 Å². The molecule has 0 bridgehead atoms. The van der Waals surface area contributed by atoms with Crippen LogP contribution in [0.3, 0.4) is 0 Å². The van der Waals surface area contributed by atoms with Crippen molar-refractivity contribution >= 4 is 21.7 Å². The van der Waals surface area contributed by atoms with E-state index in [1.807, 2.05) is 0 Å². The second-order valence-electron chi connectivity index (χ2n) is 6.67. The van der Waals surface area contributed by atoms with E-state index in [2.05, 4.69) is 0 Å². The number of hydrogen-bond donors (Lipinski definition) is 1. The van der Waals surface area contributed by atoms with Crippen LogP contribution in [0.2, 0.25) is 0 Å². The predicted octanol–water partition coefficient (Wildman–Crippen LogP) is 1.60. The van der Waals surface area contributed by atoms with Crippen LogP contribution in [-0.4, -0.2) is 45.3 Å². The van der Waals surface area contributed by atoms with E-state index in [0.29, 0.717) is 31.7 Å². The Morgan fingerprint density at radius 3 is 2.36 bits per heavy atom. The number of methoxy groups -OCH3 is 1. The predicted molar refractivity (Wildman–Crippen MR) is 100 cm³/mol. The van der Waals surface area contributed by atoms with Crippen LogP contribution in [0.4, 0.5) is 0 Å². The van der Waals surface area contributed by atoms with E-state index < -0.39 is 9.84 Å². The molecule has 1 aliphatic heterocycles. The fourth-order valence-electron chi connectivity index (χ4n) is 3.15. The lowest BCUT2D eigenvalue weighted by atomic mass is 9.96. The highest BCUT2D eigenvalue weighted by atomic mass is 32.2. The summed E-state index contributed by atoms with van der Waals surface area (Å²) in [5, 5.41) is 0. The summed E-state index contributed by atoms with van der Waals surface area (Å²) in [5.41, 5.74) is 5.30. The molecule has 150 valence electrons. The van der Waals surface area contributed by atoms with Gasteiger partial charge in [0.15, 0.2) is 15.6 Å². The third kappa shape index (κ3) is 4.36. The van der Waals surface area contributed by atoms with Crippen molar-refractivity contribution in [1.82, 2.24) is 4.90 Å². The Balaban J connectivity index is 1.66. The number of benzene rings is 1. The number of furan rings is 1. The molecule has 0 unspecified atom stereocenters. The van der Waals surface area contributed by atoms with Crippen LogP contribution in [0, 0.1) is 5.92 Å². The van der Waals surface area contributed by atoms with Crippen LogP contribution in [0.1, 0.15) is 29.2 Å². The van der Waals surface area contributed by atoms with E-state index in [4.69, 9.17) is 14.9 Å². The van der Waals surface area contributed by atoms with Crippen molar-refractivity contribution in [3.63, 3.8) is 0 Å². The number of hydrogen-bond acceptors (Lipinski definition) is 6. The number of rotatable bonds is 6. The van der Waals surface area contributed by atoms with Crippen LogP contribution in [-0.2, 0) is 20.4 Å². The molecule has 3 rings (SSSR count). The molecule has 2 N–H and O–H groups in total. The first-order valence-electron chi connectivity index (χ1n) is 8.84. The number of piperidine rings is 1. The normalized spacial score (nSPS) is 15.4. The number of primary amides is 1. The number of carbonyl (C=O) groups excluding carboxylic acids is 2. The Labute approximate surface area is 163 Å². The minimum atomic E-state index is -3.62. The second-order valence-corrected chi connectivity index (χ2v) is 8.66. The van der Waals surface area contributed by atoms with Gasteiger partial charge in [-0.15, -0.1) is 0 Å². The minimum Gasteiger partial charge on any atom is -0.497 e. The van der Waals surface area contributed by atoms with Crippen molar-refractivity contribution in [2.24, 2.45) is 11.7 Å². The first-order chi connectivity index (χ1) is 13.3. The molecule has 2 aromatic rings. The molecule has 9 heteroatoms. The first kappa shape index (κ1) is 19.9. The summed E-state index contributed by atoms with van der Waals surface area (Å²) < 4.78 is 35.6. The molecule has 1 fully saturated rings. The van der Waals surface area contributed by atoms with Crippen molar-refractivity contribution in [2.75, 3.05) is 20.2 Å². The monoisotopic (exact) mass is 406 g/mol. The van der Waals surface area contributed by atoms with E-state index in [1.165, 1.54) is 31.4 Å². The molecule has 1 aliphatic rings. The molecule has 2 heterocycles. The number of carbonyl (C=O) groups is 2. The highest BCUT2D eigenvalue weighted by molar-refractivity contribution is 7.90. The standard InChI is InChI=1S/C19H22N2O6S/c1-26-14-2-5-16(6-3-14)28(24,25)12-15-4-7-17(27-15)19(23)21-10-8-13(9-11-21)18(20)22/h2-7,13H,8-12H2,1H3,(H2,20,22). The molecule has 1 aromatic heterocycles. The summed E-state index contributed by atoms with van der Waals surface area (Å²) in [6.45, 7) is 0.819. The van der Waals surface area contributed by atoms with E-state index >= 15 is 0 Å². The van der Waals surface area contributed by atoms with Crippen molar-refractivity contribution < 1.29 is 27.2 Å². The lowest BCUT2D eigenvalue weighted by Gasteiger charge is -2.29. The third-order valence-corrected chi connectivity index (χ3v) is 6.46. The quantitative estimate of drug-likeness (QED) is 0.778. The van der Waals surface area contributed by atoms with Crippen molar-refractivity contribution in [3.8, 4) is 5.75 Å². The van der Waals surface area contributed by atoms with Crippen molar-refractivity contribution in [2.45, 2.75) is 23.5 Å². The van der Waals surface area contributed by atoms with Gasteiger partial charge in [-0.1, -0.05) is 0 Å². The van der Waals surface area contributed by atoms with Crippen LogP contribution < -0.4 is 10.5 Å². The number of sulfone groups is 1. The molecule has 0 radical (unpaired) electrons. The van der Waals surface area contributed by atoms with Crippen molar-refractivity contribution in [1.29, 1.82) is 0 Å². The minimum absolute atomic E-state index is 0.0810. The number of nitrogens with two attached hydrogens (primary N) is 1. The van der Waals surface area contributed by atoms with Gasteiger partial charge in [0.05, 0.1) is 12.0 Å². The van der Waals surface area contributed by atoms with E-state index in [0.717, 1.165) is 0 Å². The molecule has 2 amide bonds. The van der Waals surface area contributed by atoms with Crippen LogP contribution >= 0.6 is 0 Å². The highest BCUT2D eigenvalue weighted by Crippen LogP contribution is 2.23. The fraction of sp³-hybridized carbons (Fsp3) is 0.368. The lowest BCUT2D eigenvalue weighted by Crippen LogP contribution is -2.41. The SMILES string of the molecule is COc1ccc(S(=O)(=O)Cc2ccc(C(=O)N3CCC(C(N)=O)CC3)o2)cc1. The van der Waals surface area contributed by atoms with E-state index in [1.54, 1.807) is 17.0 Å². The first-order valence-corrected chi connectivity index (χ1v) is 10.5. The fourth-order valence-corrected chi connectivity index (χ4v) is 4.39. The Kier molecular flexibility index (Phi) is 5.73. The van der Waals surface area contributed by atoms with Crippen LogP contribution in [0.25, 0.3) is 0 Å². The zero-order valence-corrected chi connectivity index (χ0v) is 16.3. The largest absolute Gasteiger partial charge is 0.497 e. The molecular weight excluding hydrogens is 384 g/mol. The molecule has 0 saturated carbocycles. The Morgan fingerprint density at radius 1 is 1.14 bits per heavy atom. The smallest absolute Gasteiger partial charge is 0.289 e. The van der Waals surface area contributed by atoms with E-state index in [9.17, 15) is 18.0 Å².